The molecule has 2 aromatic heterocycles. The second-order valence-corrected chi connectivity index (χ2v) is 6.71. The van der Waals surface area contributed by atoms with Gasteiger partial charge in [0.25, 0.3) is 0 Å². The number of hydrogen-bond donors (Lipinski definition) is 1. The zero-order chi connectivity index (χ0) is 19.4. The van der Waals surface area contributed by atoms with Crippen molar-refractivity contribution in [2.24, 2.45) is 0 Å². The van der Waals surface area contributed by atoms with Crippen LogP contribution < -0.4 is 5.73 Å². The molecule has 0 saturated carbocycles. The summed E-state index contributed by atoms with van der Waals surface area (Å²) >= 11 is 6.96. The van der Waals surface area contributed by atoms with Gasteiger partial charge in [-0.05, 0) is 32.4 Å². The molecule has 0 saturated heterocycles. The van der Waals surface area contributed by atoms with E-state index < -0.39 is 11.9 Å². The summed E-state index contributed by atoms with van der Waals surface area (Å²) in [4.78, 5) is 28.6. The number of thiophene rings is 1. The summed E-state index contributed by atoms with van der Waals surface area (Å²) in [6.07, 6.45) is 0. The summed E-state index contributed by atoms with van der Waals surface area (Å²) in [5.74, 6) is -1.33. The van der Waals surface area contributed by atoms with Crippen molar-refractivity contribution in [3.05, 3.63) is 44.0 Å². The van der Waals surface area contributed by atoms with Crippen molar-refractivity contribution in [1.82, 2.24) is 4.98 Å². The lowest BCUT2D eigenvalue weighted by molar-refractivity contribution is 0.0451. The molecule has 0 amide bonds. The fourth-order valence-electron chi connectivity index (χ4n) is 2.35. The number of aryl methyl sites for hydroxylation is 2. The molecule has 0 aliphatic carbocycles. The third-order valence-corrected chi connectivity index (χ3v) is 4.77. The highest BCUT2D eigenvalue weighted by Crippen LogP contribution is 2.32. The molecule has 0 aromatic carbocycles. The van der Waals surface area contributed by atoms with Gasteiger partial charge in [-0.25, -0.2) is 14.6 Å². The SMILES string of the molecule is CCOC(=O)c1sc(N)c(C#N)c1COC(=O)c1c(C)cc(C)nc1Cl. The molecule has 2 N–H and O–H groups in total. The van der Waals surface area contributed by atoms with Crippen LogP contribution in [-0.2, 0) is 16.1 Å². The number of carbonyl (C=O) groups excluding carboxylic acids is 2. The van der Waals surface area contributed by atoms with Crippen molar-refractivity contribution < 1.29 is 19.1 Å². The predicted molar refractivity (Wildman–Crippen MR) is 97.2 cm³/mol. The Kier molecular flexibility index (Phi) is 6.18. The number of esters is 2. The molecule has 0 radical (unpaired) electrons. The van der Waals surface area contributed by atoms with E-state index in [9.17, 15) is 14.9 Å². The van der Waals surface area contributed by atoms with Crippen molar-refractivity contribution in [2.45, 2.75) is 27.4 Å². The fraction of sp³-hybridized carbons (Fsp3) is 0.294. The van der Waals surface area contributed by atoms with E-state index in [0.29, 0.717) is 11.3 Å². The third-order valence-electron chi connectivity index (χ3n) is 3.46. The van der Waals surface area contributed by atoms with Gasteiger partial charge < -0.3 is 15.2 Å². The van der Waals surface area contributed by atoms with Gasteiger partial charge in [0.2, 0.25) is 0 Å². The number of hydrogen-bond acceptors (Lipinski definition) is 8. The number of rotatable bonds is 5. The first-order chi connectivity index (χ1) is 12.3. The Morgan fingerprint density at radius 2 is 2.04 bits per heavy atom. The number of halogens is 1. The minimum Gasteiger partial charge on any atom is -0.462 e. The number of ether oxygens (including phenoxy) is 2. The lowest BCUT2D eigenvalue weighted by Crippen LogP contribution is -2.12. The number of nitrogens with zero attached hydrogens (tertiary/aromatic N) is 2. The first kappa shape index (κ1) is 19.7. The van der Waals surface area contributed by atoms with Crippen LogP contribution in [0, 0.1) is 25.2 Å². The molecule has 2 rings (SSSR count). The Bertz CT molecular complexity index is 894. The zero-order valence-corrected chi connectivity index (χ0v) is 16.0. The van der Waals surface area contributed by atoms with E-state index in [1.54, 1.807) is 26.8 Å². The zero-order valence-electron chi connectivity index (χ0n) is 14.4. The van der Waals surface area contributed by atoms with Crippen LogP contribution in [0.25, 0.3) is 0 Å². The average Bonchev–Trinajstić information content (AvgIpc) is 2.87. The van der Waals surface area contributed by atoms with Gasteiger partial charge in [0.05, 0.1) is 17.7 Å². The molecule has 0 aliphatic heterocycles. The van der Waals surface area contributed by atoms with Gasteiger partial charge in [-0.1, -0.05) is 11.6 Å². The molecule has 9 heteroatoms. The normalized spacial score (nSPS) is 10.3. The van der Waals surface area contributed by atoms with Crippen LogP contribution in [0.5, 0.6) is 0 Å². The highest BCUT2D eigenvalue weighted by atomic mass is 35.5. The molecule has 2 aromatic rings. The maximum Gasteiger partial charge on any atom is 0.348 e. The Morgan fingerprint density at radius 1 is 1.35 bits per heavy atom. The topological polar surface area (TPSA) is 115 Å². The Labute approximate surface area is 159 Å². The monoisotopic (exact) mass is 393 g/mol. The van der Waals surface area contributed by atoms with Gasteiger partial charge in [0.15, 0.2) is 0 Å². The van der Waals surface area contributed by atoms with Crippen LogP contribution in [0.2, 0.25) is 5.15 Å². The first-order valence-corrected chi connectivity index (χ1v) is 8.78. The Morgan fingerprint density at radius 3 is 2.62 bits per heavy atom. The third kappa shape index (κ3) is 3.95. The number of anilines is 1. The van der Waals surface area contributed by atoms with Gasteiger partial charge in [0.1, 0.15) is 27.7 Å². The smallest absolute Gasteiger partial charge is 0.348 e. The largest absolute Gasteiger partial charge is 0.462 e. The number of nitrogen functional groups attached to an aromatic ring is 1. The lowest BCUT2D eigenvalue weighted by Gasteiger charge is -2.10. The fourth-order valence-corrected chi connectivity index (χ4v) is 3.63. The van der Waals surface area contributed by atoms with Crippen molar-refractivity contribution in [3.63, 3.8) is 0 Å². The van der Waals surface area contributed by atoms with E-state index in [4.69, 9.17) is 26.8 Å². The highest BCUT2D eigenvalue weighted by Gasteiger charge is 2.25. The number of pyridine rings is 1. The van der Waals surface area contributed by atoms with Crippen molar-refractivity contribution >= 4 is 39.9 Å². The van der Waals surface area contributed by atoms with Gasteiger partial charge in [-0.3, -0.25) is 0 Å². The molecule has 0 atom stereocenters. The second-order valence-electron chi connectivity index (χ2n) is 5.30. The maximum atomic E-state index is 12.4. The number of nitrogens with two attached hydrogens (primary N) is 1. The van der Waals surface area contributed by atoms with Gasteiger partial charge in [-0.15, -0.1) is 11.3 Å². The molecule has 26 heavy (non-hydrogen) atoms. The minimum atomic E-state index is -0.705. The molecule has 0 spiro atoms. The predicted octanol–water partition coefficient (Wildman–Crippen LogP) is 3.40. The van der Waals surface area contributed by atoms with E-state index >= 15 is 0 Å². The molecule has 0 unspecified atom stereocenters. The summed E-state index contributed by atoms with van der Waals surface area (Å²) in [7, 11) is 0. The van der Waals surface area contributed by atoms with E-state index in [1.807, 2.05) is 6.07 Å². The molecule has 136 valence electrons. The van der Waals surface area contributed by atoms with Crippen LogP contribution in [-0.4, -0.2) is 23.5 Å². The number of aromatic nitrogens is 1. The second kappa shape index (κ2) is 8.17. The molecule has 2 heterocycles. The molecule has 0 fully saturated rings. The lowest BCUT2D eigenvalue weighted by atomic mass is 10.1. The van der Waals surface area contributed by atoms with Gasteiger partial charge >= 0.3 is 11.9 Å². The summed E-state index contributed by atoms with van der Waals surface area (Å²) in [6.45, 7) is 4.99. The Hall–Kier alpha value is -2.63. The van der Waals surface area contributed by atoms with E-state index in [0.717, 1.165) is 11.3 Å². The van der Waals surface area contributed by atoms with Crippen molar-refractivity contribution in [2.75, 3.05) is 12.3 Å². The standard InChI is InChI=1S/C17H16ClN3O4S/c1-4-24-17(23)13-11(10(6-19)15(20)26-13)7-25-16(22)12-8(2)5-9(3)21-14(12)18/h5H,4,7,20H2,1-3H3. The molecular formula is C17H16ClN3O4S. The van der Waals surface area contributed by atoms with Crippen molar-refractivity contribution in [3.8, 4) is 6.07 Å². The molecule has 0 bridgehead atoms. The number of carbonyl (C=O) groups is 2. The van der Waals surface area contributed by atoms with Gasteiger partial charge in [-0.2, -0.15) is 5.26 Å². The molecule has 7 nitrogen and oxygen atoms in total. The average molecular weight is 394 g/mol. The van der Waals surface area contributed by atoms with Crippen molar-refractivity contribution in [1.29, 1.82) is 5.26 Å². The van der Waals surface area contributed by atoms with Gasteiger partial charge in [0, 0.05) is 11.3 Å². The molecule has 0 aliphatic rings. The van der Waals surface area contributed by atoms with Crippen LogP contribution in [0.1, 0.15) is 49.3 Å². The Balaban J connectivity index is 2.31. The van der Waals surface area contributed by atoms with Crippen LogP contribution in [0.4, 0.5) is 5.00 Å². The summed E-state index contributed by atoms with van der Waals surface area (Å²) in [5.41, 5.74) is 7.52. The minimum absolute atomic E-state index is 0.0310. The summed E-state index contributed by atoms with van der Waals surface area (Å²) in [5, 5.41) is 9.47. The van der Waals surface area contributed by atoms with Crippen LogP contribution in [0.15, 0.2) is 6.07 Å². The quantitative estimate of drug-likeness (QED) is 0.611. The van der Waals surface area contributed by atoms with Crippen LogP contribution >= 0.6 is 22.9 Å². The number of nitriles is 1. The summed E-state index contributed by atoms with van der Waals surface area (Å²) in [6, 6.07) is 3.63. The van der Waals surface area contributed by atoms with E-state index in [-0.39, 0.29) is 44.9 Å². The summed E-state index contributed by atoms with van der Waals surface area (Å²) < 4.78 is 10.2. The highest BCUT2D eigenvalue weighted by molar-refractivity contribution is 7.18. The molecular weight excluding hydrogens is 378 g/mol. The van der Waals surface area contributed by atoms with E-state index in [1.165, 1.54) is 0 Å². The van der Waals surface area contributed by atoms with Crippen LogP contribution in [0.3, 0.4) is 0 Å². The maximum absolute atomic E-state index is 12.4. The van der Waals surface area contributed by atoms with E-state index in [2.05, 4.69) is 4.98 Å². The first-order valence-electron chi connectivity index (χ1n) is 7.59.